The van der Waals surface area contributed by atoms with Crippen molar-refractivity contribution in [2.45, 2.75) is 6.92 Å². The van der Waals surface area contributed by atoms with Crippen LogP contribution in [-0.4, -0.2) is 9.55 Å². The van der Waals surface area contributed by atoms with E-state index in [2.05, 4.69) is 4.98 Å². The SMILES string of the molecule is Cc1cc(=O)[nH]c2c1ccn2C. The molecule has 0 amide bonds. The molecule has 62 valence electrons. The van der Waals surface area contributed by atoms with Crippen molar-refractivity contribution in [2.75, 3.05) is 0 Å². The van der Waals surface area contributed by atoms with Gasteiger partial charge in [-0.15, -0.1) is 0 Å². The van der Waals surface area contributed by atoms with Crippen LogP contribution in [0, 0.1) is 6.92 Å². The van der Waals surface area contributed by atoms with E-state index in [1.807, 2.05) is 30.8 Å². The fourth-order valence-corrected chi connectivity index (χ4v) is 1.43. The topological polar surface area (TPSA) is 37.8 Å². The van der Waals surface area contributed by atoms with Gasteiger partial charge in [-0.05, 0) is 18.6 Å². The smallest absolute Gasteiger partial charge is 0.249 e. The van der Waals surface area contributed by atoms with E-state index in [1.165, 1.54) is 0 Å². The first-order valence-corrected chi connectivity index (χ1v) is 3.83. The Morgan fingerprint density at radius 2 is 2.25 bits per heavy atom. The van der Waals surface area contributed by atoms with Crippen LogP contribution in [0.4, 0.5) is 0 Å². The van der Waals surface area contributed by atoms with Crippen LogP contribution >= 0.6 is 0 Å². The fourth-order valence-electron chi connectivity index (χ4n) is 1.43. The molecule has 2 aromatic rings. The summed E-state index contributed by atoms with van der Waals surface area (Å²) in [5, 5.41) is 1.11. The van der Waals surface area contributed by atoms with Gasteiger partial charge in [-0.3, -0.25) is 4.79 Å². The Labute approximate surface area is 69.6 Å². The average molecular weight is 162 g/mol. The van der Waals surface area contributed by atoms with Crippen molar-refractivity contribution in [3.05, 3.63) is 34.2 Å². The van der Waals surface area contributed by atoms with Crippen LogP contribution < -0.4 is 5.56 Å². The van der Waals surface area contributed by atoms with Crippen molar-refractivity contribution in [2.24, 2.45) is 7.05 Å². The maximum atomic E-state index is 11.1. The normalized spacial score (nSPS) is 10.8. The fraction of sp³-hybridized carbons (Fsp3) is 0.222. The molecule has 0 saturated carbocycles. The van der Waals surface area contributed by atoms with E-state index in [0.29, 0.717) is 0 Å². The Hall–Kier alpha value is -1.51. The minimum Gasteiger partial charge on any atom is -0.337 e. The number of hydrogen-bond donors (Lipinski definition) is 1. The highest BCUT2D eigenvalue weighted by molar-refractivity contribution is 5.79. The van der Waals surface area contributed by atoms with Gasteiger partial charge in [-0.25, -0.2) is 0 Å². The number of pyridine rings is 1. The van der Waals surface area contributed by atoms with Crippen molar-refractivity contribution in [1.82, 2.24) is 9.55 Å². The number of nitrogens with zero attached hydrogens (tertiary/aromatic N) is 1. The molecule has 1 N–H and O–H groups in total. The first kappa shape index (κ1) is 7.16. The van der Waals surface area contributed by atoms with Crippen molar-refractivity contribution in [3.63, 3.8) is 0 Å². The highest BCUT2D eigenvalue weighted by Gasteiger charge is 2.01. The number of aryl methyl sites for hydroxylation is 2. The maximum Gasteiger partial charge on any atom is 0.249 e. The predicted octanol–water partition coefficient (Wildman–Crippen LogP) is 1.18. The van der Waals surface area contributed by atoms with Gasteiger partial charge in [0.2, 0.25) is 5.56 Å². The quantitative estimate of drug-likeness (QED) is 0.620. The zero-order valence-corrected chi connectivity index (χ0v) is 7.09. The van der Waals surface area contributed by atoms with Gasteiger partial charge in [-0.1, -0.05) is 0 Å². The summed E-state index contributed by atoms with van der Waals surface area (Å²) in [6, 6.07) is 3.61. The Morgan fingerprint density at radius 3 is 3.00 bits per heavy atom. The molecule has 2 heterocycles. The molecule has 0 aliphatic rings. The van der Waals surface area contributed by atoms with Crippen molar-refractivity contribution in [3.8, 4) is 0 Å². The van der Waals surface area contributed by atoms with Crippen LogP contribution in [0.25, 0.3) is 11.0 Å². The van der Waals surface area contributed by atoms with Gasteiger partial charge in [0.15, 0.2) is 0 Å². The number of rotatable bonds is 0. The van der Waals surface area contributed by atoms with Crippen LogP contribution in [0.15, 0.2) is 23.1 Å². The highest BCUT2D eigenvalue weighted by atomic mass is 16.1. The Bertz CT molecular complexity index is 479. The average Bonchev–Trinajstić information content (AvgIpc) is 2.33. The van der Waals surface area contributed by atoms with Gasteiger partial charge in [0, 0.05) is 24.7 Å². The minimum absolute atomic E-state index is 0.0400. The molecule has 0 aliphatic heterocycles. The van der Waals surface area contributed by atoms with Gasteiger partial charge in [0.25, 0.3) is 0 Å². The molecule has 0 radical (unpaired) electrons. The monoisotopic (exact) mass is 162 g/mol. The van der Waals surface area contributed by atoms with E-state index in [1.54, 1.807) is 6.07 Å². The second-order valence-electron chi connectivity index (χ2n) is 3.01. The summed E-state index contributed by atoms with van der Waals surface area (Å²) in [6.07, 6.45) is 1.94. The molecule has 0 atom stereocenters. The number of H-pyrrole nitrogens is 1. The number of aromatic nitrogens is 2. The van der Waals surface area contributed by atoms with Crippen LogP contribution in [-0.2, 0) is 7.05 Å². The summed E-state index contributed by atoms with van der Waals surface area (Å²) in [6.45, 7) is 1.94. The second kappa shape index (κ2) is 2.24. The Balaban J connectivity index is 3.02. The van der Waals surface area contributed by atoms with Crippen molar-refractivity contribution < 1.29 is 0 Å². The number of hydrogen-bond acceptors (Lipinski definition) is 1. The summed E-state index contributed by atoms with van der Waals surface area (Å²) < 4.78 is 1.91. The van der Waals surface area contributed by atoms with E-state index in [9.17, 15) is 4.79 Å². The van der Waals surface area contributed by atoms with Gasteiger partial charge >= 0.3 is 0 Å². The van der Waals surface area contributed by atoms with Crippen LogP contribution in [0.1, 0.15) is 5.56 Å². The highest BCUT2D eigenvalue weighted by Crippen LogP contribution is 2.13. The summed E-state index contributed by atoms with van der Waals surface area (Å²) in [7, 11) is 1.91. The van der Waals surface area contributed by atoms with E-state index >= 15 is 0 Å². The van der Waals surface area contributed by atoms with Gasteiger partial charge in [0.1, 0.15) is 5.65 Å². The zero-order chi connectivity index (χ0) is 8.72. The van der Waals surface area contributed by atoms with Crippen LogP contribution in [0.3, 0.4) is 0 Å². The third-order valence-electron chi connectivity index (χ3n) is 2.09. The Kier molecular flexibility index (Phi) is 1.33. The largest absolute Gasteiger partial charge is 0.337 e. The molecule has 0 saturated heterocycles. The molecular weight excluding hydrogens is 152 g/mol. The standard InChI is InChI=1S/C9H10N2O/c1-6-5-8(12)10-9-7(6)3-4-11(9)2/h3-5H,1-2H3,(H,10,12). The summed E-state index contributed by atoms with van der Waals surface area (Å²) in [5.74, 6) is 0. The molecule has 0 spiro atoms. The molecule has 0 fully saturated rings. The molecule has 3 heteroatoms. The maximum absolute atomic E-state index is 11.1. The molecule has 2 rings (SSSR count). The molecule has 12 heavy (non-hydrogen) atoms. The van der Waals surface area contributed by atoms with Crippen LogP contribution in [0.2, 0.25) is 0 Å². The lowest BCUT2D eigenvalue weighted by molar-refractivity contribution is 0.943. The van der Waals surface area contributed by atoms with E-state index < -0.39 is 0 Å². The molecule has 0 aliphatic carbocycles. The van der Waals surface area contributed by atoms with E-state index in [-0.39, 0.29) is 5.56 Å². The van der Waals surface area contributed by atoms with Crippen molar-refractivity contribution >= 4 is 11.0 Å². The molecule has 3 nitrogen and oxygen atoms in total. The second-order valence-corrected chi connectivity index (χ2v) is 3.01. The molecule has 0 unspecified atom stereocenters. The predicted molar refractivity (Wildman–Crippen MR) is 48.3 cm³/mol. The first-order chi connectivity index (χ1) is 5.68. The van der Waals surface area contributed by atoms with Crippen LogP contribution in [0.5, 0.6) is 0 Å². The van der Waals surface area contributed by atoms with Gasteiger partial charge < -0.3 is 9.55 Å². The summed E-state index contributed by atoms with van der Waals surface area (Å²) >= 11 is 0. The summed E-state index contributed by atoms with van der Waals surface area (Å²) in [5.41, 5.74) is 1.87. The van der Waals surface area contributed by atoms with Crippen molar-refractivity contribution in [1.29, 1.82) is 0 Å². The number of nitrogens with one attached hydrogen (secondary N) is 1. The van der Waals surface area contributed by atoms with E-state index in [4.69, 9.17) is 0 Å². The lowest BCUT2D eigenvalue weighted by Crippen LogP contribution is -2.06. The lowest BCUT2D eigenvalue weighted by atomic mass is 10.2. The molecule has 2 aromatic heterocycles. The summed E-state index contributed by atoms with van der Waals surface area (Å²) in [4.78, 5) is 13.9. The van der Waals surface area contributed by atoms with E-state index in [0.717, 1.165) is 16.6 Å². The number of fused-ring (bicyclic) bond motifs is 1. The third kappa shape index (κ3) is 0.863. The van der Waals surface area contributed by atoms with Gasteiger partial charge in [0.05, 0.1) is 0 Å². The third-order valence-corrected chi connectivity index (χ3v) is 2.09. The molecule has 0 aromatic carbocycles. The molecule has 0 bridgehead atoms. The van der Waals surface area contributed by atoms with Gasteiger partial charge in [-0.2, -0.15) is 0 Å². The number of aromatic amines is 1. The Morgan fingerprint density at radius 1 is 1.50 bits per heavy atom. The minimum atomic E-state index is -0.0400. The zero-order valence-electron chi connectivity index (χ0n) is 7.09. The lowest BCUT2D eigenvalue weighted by Gasteiger charge is -1.97. The molecular formula is C9H10N2O. The first-order valence-electron chi connectivity index (χ1n) is 3.83.